The largest absolute Gasteiger partial charge is 0.384 e. The molecule has 0 bridgehead atoms. The molecule has 0 spiro atoms. The molecule has 3 nitrogen and oxygen atoms in total. The highest BCUT2D eigenvalue weighted by atomic mass is 32.1. The van der Waals surface area contributed by atoms with Crippen LogP contribution in [-0.4, -0.2) is 10.8 Å². The molecule has 2 aromatic heterocycles. The third-order valence-corrected chi connectivity index (χ3v) is 4.15. The van der Waals surface area contributed by atoms with Crippen LogP contribution >= 0.6 is 11.3 Å². The summed E-state index contributed by atoms with van der Waals surface area (Å²) in [6.45, 7) is 0. The van der Waals surface area contributed by atoms with Gasteiger partial charge in [-0.25, -0.2) is 0 Å². The summed E-state index contributed by atoms with van der Waals surface area (Å²) >= 11 is 1.71. The number of hydrogen-bond donors (Lipinski definition) is 2. The van der Waals surface area contributed by atoms with Crippen molar-refractivity contribution in [1.29, 1.82) is 5.41 Å². The molecule has 0 radical (unpaired) electrons. The molecule has 2 heterocycles. The maximum atomic E-state index is 7.37. The average Bonchev–Trinajstić information content (AvgIpc) is 2.98. The fraction of sp³-hybridized carbons (Fsp3) is 0. The normalized spacial score (nSPS) is 10.4. The van der Waals surface area contributed by atoms with E-state index in [9.17, 15) is 0 Å². The van der Waals surface area contributed by atoms with Gasteiger partial charge in [-0.3, -0.25) is 10.4 Å². The Morgan fingerprint density at radius 1 is 0.950 bits per heavy atom. The number of hydrogen-bond acceptors (Lipinski definition) is 3. The molecular weight excluding hydrogens is 266 g/mol. The number of nitrogens with one attached hydrogen (secondary N) is 1. The summed E-state index contributed by atoms with van der Waals surface area (Å²) in [6.07, 6.45) is 1.64. The van der Waals surface area contributed by atoms with Crippen LogP contribution in [-0.2, 0) is 0 Å². The number of nitrogens with zero attached hydrogens (tertiary/aromatic N) is 1. The SMILES string of the molecule is N=C(N)c1ccc(-c2ccc(-c3ccccc3)s2)nc1. The van der Waals surface area contributed by atoms with Crippen LogP contribution in [0, 0.1) is 5.41 Å². The number of nitrogens with two attached hydrogens (primary N) is 1. The minimum atomic E-state index is 0.0419. The van der Waals surface area contributed by atoms with Gasteiger partial charge in [0.1, 0.15) is 5.84 Å². The van der Waals surface area contributed by atoms with E-state index in [1.54, 1.807) is 17.5 Å². The summed E-state index contributed by atoms with van der Waals surface area (Å²) in [7, 11) is 0. The van der Waals surface area contributed by atoms with Gasteiger partial charge in [-0.2, -0.15) is 0 Å². The summed E-state index contributed by atoms with van der Waals surface area (Å²) < 4.78 is 0. The summed E-state index contributed by atoms with van der Waals surface area (Å²) in [5, 5.41) is 7.37. The molecule has 20 heavy (non-hydrogen) atoms. The first kappa shape index (κ1) is 12.6. The number of aromatic nitrogens is 1. The Morgan fingerprint density at radius 2 is 1.70 bits per heavy atom. The van der Waals surface area contributed by atoms with Crippen molar-refractivity contribution < 1.29 is 0 Å². The molecule has 98 valence electrons. The molecule has 0 saturated heterocycles. The molecule has 1 aromatic carbocycles. The quantitative estimate of drug-likeness (QED) is 0.566. The van der Waals surface area contributed by atoms with Crippen LogP contribution in [0.25, 0.3) is 21.0 Å². The topological polar surface area (TPSA) is 62.8 Å². The lowest BCUT2D eigenvalue weighted by atomic mass is 10.2. The van der Waals surface area contributed by atoms with Crippen molar-refractivity contribution >= 4 is 17.2 Å². The van der Waals surface area contributed by atoms with E-state index in [2.05, 4.69) is 29.2 Å². The Kier molecular flexibility index (Phi) is 3.31. The third-order valence-electron chi connectivity index (χ3n) is 2.99. The minimum Gasteiger partial charge on any atom is -0.384 e. The van der Waals surface area contributed by atoms with Crippen LogP contribution < -0.4 is 5.73 Å². The van der Waals surface area contributed by atoms with Crippen LogP contribution in [0.4, 0.5) is 0 Å². The van der Waals surface area contributed by atoms with Gasteiger partial charge in [-0.15, -0.1) is 11.3 Å². The highest BCUT2D eigenvalue weighted by molar-refractivity contribution is 7.18. The van der Waals surface area contributed by atoms with Gasteiger partial charge in [0, 0.05) is 16.6 Å². The molecule has 3 rings (SSSR count). The summed E-state index contributed by atoms with van der Waals surface area (Å²) in [4.78, 5) is 6.70. The van der Waals surface area contributed by atoms with Crippen LogP contribution in [0.2, 0.25) is 0 Å². The van der Waals surface area contributed by atoms with E-state index < -0.39 is 0 Å². The zero-order valence-electron chi connectivity index (χ0n) is 10.7. The van der Waals surface area contributed by atoms with Crippen molar-refractivity contribution in [2.45, 2.75) is 0 Å². The Bertz CT molecular complexity index is 730. The van der Waals surface area contributed by atoms with Gasteiger partial charge in [0.25, 0.3) is 0 Å². The summed E-state index contributed by atoms with van der Waals surface area (Å²) in [5.41, 5.74) is 8.19. The van der Waals surface area contributed by atoms with Gasteiger partial charge in [-0.1, -0.05) is 30.3 Å². The van der Waals surface area contributed by atoms with Crippen LogP contribution in [0.15, 0.2) is 60.8 Å². The zero-order chi connectivity index (χ0) is 13.9. The number of thiophene rings is 1. The molecule has 3 N–H and O–H groups in total. The molecular formula is C16H13N3S. The second-order valence-electron chi connectivity index (χ2n) is 4.38. The molecule has 0 aliphatic heterocycles. The average molecular weight is 279 g/mol. The number of pyridine rings is 1. The van der Waals surface area contributed by atoms with E-state index in [-0.39, 0.29) is 5.84 Å². The van der Waals surface area contributed by atoms with Gasteiger partial charge in [0.05, 0.1) is 10.6 Å². The van der Waals surface area contributed by atoms with Gasteiger partial charge < -0.3 is 5.73 Å². The molecule has 0 aliphatic rings. The van der Waals surface area contributed by atoms with Crippen molar-refractivity contribution in [3.8, 4) is 21.0 Å². The lowest BCUT2D eigenvalue weighted by Gasteiger charge is -2.00. The summed E-state index contributed by atoms with van der Waals surface area (Å²) in [6, 6.07) is 18.2. The first-order valence-electron chi connectivity index (χ1n) is 6.20. The smallest absolute Gasteiger partial charge is 0.124 e. The van der Waals surface area contributed by atoms with Gasteiger partial charge >= 0.3 is 0 Å². The fourth-order valence-corrected chi connectivity index (χ4v) is 2.92. The zero-order valence-corrected chi connectivity index (χ0v) is 11.5. The van der Waals surface area contributed by atoms with Gasteiger partial charge in [0.15, 0.2) is 0 Å². The van der Waals surface area contributed by atoms with Crippen molar-refractivity contribution in [2.75, 3.05) is 0 Å². The van der Waals surface area contributed by atoms with Crippen LogP contribution in [0.5, 0.6) is 0 Å². The first-order chi connectivity index (χ1) is 9.74. The number of rotatable bonds is 3. The maximum Gasteiger partial charge on any atom is 0.124 e. The summed E-state index contributed by atoms with van der Waals surface area (Å²) in [5.74, 6) is 0.0419. The maximum absolute atomic E-state index is 7.37. The highest BCUT2D eigenvalue weighted by Gasteiger charge is 2.06. The van der Waals surface area contributed by atoms with E-state index in [0.717, 1.165) is 10.6 Å². The predicted molar refractivity (Wildman–Crippen MR) is 84.0 cm³/mol. The monoisotopic (exact) mass is 279 g/mol. The van der Waals surface area contributed by atoms with Crippen molar-refractivity contribution in [2.24, 2.45) is 5.73 Å². The predicted octanol–water partition coefficient (Wildman–Crippen LogP) is 3.76. The molecule has 0 amide bonds. The lowest BCUT2D eigenvalue weighted by molar-refractivity contribution is 1.30. The number of amidine groups is 1. The molecule has 0 saturated carbocycles. The Labute approximate surface area is 121 Å². The Morgan fingerprint density at radius 3 is 2.35 bits per heavy atom. The van der Waals surface area contributed by atoms with E-state index >= 15 is 0 Å². The lowest BCUT2D eigenvalue weighted by Crippen LogP contribution is -2.10. The Balaban J connectivity index is 1.92. The van der Waals surface area contributed by atoms with Crippen molar-refractivity contribution in [3.63, 3.8) is 0 Å². The third kappa shape index (κ3) is 2.46. The molecule has 3 aromatic rings. The van der Waals surface area contributed by atoms with E-state index in [1.807, 2.05) is 30.3 Å². The van der Waals surface area contributed by atoms with E-state index in [0.29, 0.717) is 5.56 Å². The second kappa shape index (κ2) is 5.27. The second-order valence-corrected chi connectivity index (χ2v) is 5.46. The standard InChI is InChI=1S/C16H13N3S/c17-16(18)12-6-7-13(19-10-12)15-9-8-14(20-15)11-4-2-1-3-5-11/h1-10H,(H3,17,18). The molecule has 0 atom stereocenters. The van der Waals surface area contributed by atoms with Crippen molar-refractivity contribution in [3.05, 3.63) is 66.4 Å². The number of benzene rings is 1. The molecule has 0 fully saturated rings. The van der Waals surface area contributed by atoms with E-state index in [1.165, 1.54) is 10.4 Å². The molecule has 4 heteroatoms. The first-order valence-corrected chi connectivity index (χ1v) is 7.02. The van der Waals surface area contributed by atoms with Gasteiger partial charge in [0.2, 0.25) is 0 Å². The van der Waals surface area contributed by atoms with Crippen molar-refractivity contribution in [1.82, 2.24) is 4.98 Å². The fourth-order valence-electron chi connectivity index (χ4n) is 1.93. The molecule has 0 unspecified atom stereocenters. The van der Waals surface area contributed by atoms with Gasteiger partial charge in [-0.05, 0) is 29.8 Å². The number of nitrogen functional groups attached to an aromatic ring is 1. The molecule has 0 aliphatic carbocycles. The minimum absolute atomic E-state index is 0.0419. The highest BCUT2D eigenvalue weighted by Crippen LogP contribution is 2.33. The van der Waals surface area contributed by atoms with Crippen LogP contribution in [0.1, 0.15) is 5.56 Å². The van der Waals surface area contributed by atoms with E-state index in [4.69, 9.17) is 11.1 Å². The Hall–Kier alpha value is -2.46. The van der Waals surface area contributed by atoms with Crippen LogP contribution in [0.3, 0.4) is 0 Å².